The number of hydrogen-bond donors (Lipinski definition) is 2. The van der Waals surface area contributed by atoms with E-state index in [1.807, 2.05) is 80.7 Å². The van der Waals surface area contributed by atoms with Crippen molar-refractivity contribution < 1.29 is 4.79 Å². The van der Waals surface area contributed by atoms with Crippen LogP contribution >= 0.6 is 35.2 Å². The molecule has 0 radical (unpaired) electrons. The number of nitrogens with zero attached hydrogens (tertiary/aromatic N) is 4. The van der Waals surface area contributed by atoms with Gasteiger partial charge in [-0.25, -0.2) is 4.98 Å². The zero-order valence-electron chi connectivity index (χ0n) is 21.2. The summed E-state index contributed by atoms with van der Waals surface area (Å²) in [7, 11) is 0. The number of para-hydroxylation sites is 1. The third-order valence-corrected chi connectivity index (χ3v) is 8.35. The van der Waals surface area contributed by atoms with E-state index in [2.05, 4.69) is 37.2 Å². The number of nitrogens with one attached hydrogen (secondary N) is 2. The van der Waals surface area contributed by atoms with Crippen molar-refractivity contribution in [3.05, 3.63) is 102 Å². The Morgan fingerprint density at radius 3 is 2.67 bits per heavy atom. The van der Waals surface area contributed by atoms with Crippen molar-refractivity contribution in [2.75, 3.05) is 10.2 Å². The molecule has 0 saturated carbocycles. The van der Waals surface area contributed by atoms with Crippen molar-refractivity contribution in [2.24, 2.45) is 5.92 Å². The molecule has 3 aromatic heterocycles. The fraction of sp³-hybridized carbons (Fsp3) is 0.172. The van der Waals surface area contributed by atoms with Crippen LogP contribution in [0.25, 0.3) is 15.3 Å². The number of carbonyl (C=O) groups excluding carboxylic acids is 1. The molecule has 2 N–H and O–H groups in total. The summed E-state index contributed by atoms with van der Waals surface area (Å²) >= 11 is 14.2. The maximum Gasteiger partial charge on any atom is 0.226 e. The molecule has 0 aliphatic carbocycles. The van der Waals surface area contributed by atoms with E-state index >= 15 is 0 Å². The first-order valence-electron chi connectivity index (χ1n) is 12.5. The lowest BCUT2D eigenvalue weighted by atomic mass is 10.0. The topological polar surface area (TPSA) is 75.1 Å². The van der Waals surface area contributed by atoms with Crippen LogP contribution in [0.5, 0.6) is 0 Å². The summed E-state index contributed by atoms with van der Waals surface area (Å²) in [6.07, 6.45) is 3.81. The lowest BCUT2D eigenvalue weighted by molar-refractivity contribution is -0.118. The first kappa shape index (κ1) is 25.5. The molecule has 5 aromatic rings. The van der Waals surface area contributed by atoms with Crippen molar-refractivity contribution in [2.45, 2.75) is 25.9 Å². The lowest BCUT2D eigenvalue weighted by Gasteiger charge is -2.29. The van der Waals surface area contributed by atoms with Gasteiger partial charge in [0.1, 0.15) is 6.04 Å². The van der Waals surface area contributed by atoms with Gasteiger partial charge in [0.15, 0.2) is 10.2 Å². The first-order valence-corrected chi connectivity index (χ1v) is 14.2. The number of anilines is 2. The molecule has 1 aliphatic heterocycles. The third kappa shape index (κ3) is 4.78. The number of rotatable bonds is 6. The van der Waals surface area contributed by atoms with Crippen molar-refractivity contribution in [1.82, 2.24) is 19.9 Å². The molecule has 1 fully saturated rings. The Morgan fingerprint density at radius 1 is 1.10 bits per heavy atom. The molecule has 6 rings (SSSR count). The Balaban J connectivity index is 1.45. The van der Waals surface area contributed by atoms with E-state index in [9.17, 15) is 4.79 Å². The summed E-state index contributed by atoms with van der Waals surface area (Å²) in [6.45, 7) is 3.68. The van der Waals surface area contributed by atoms with E-state index in [-0.39, 0.29) is 23.9 Å². The van der Waals surface area contributed by atoms with Gasteiger partial charge in [-0.3, -0.25) is 14.3 Å². The van der Waals surface area contributed by atoms with Gasteiger partial charge in [-0.15, -0.1) is 0 Å². The highest BCUT2D eigenvalue weighted by atomic mass is 35.5. The highest BCUT2D eigenvalue weighted by Crippen LogP contribution is 2.44. The second-order valence-corrected chi connectivity index (χ2v) is 11.4. The zero-order valence-corrected chi connectivity index (χ0v) is 23.6. The minimum Gasteiger partial charge on any atom is -0.351 e. The number of pyridine rings is 1. The summed E-state index contributed by atoms with van der Waals surface area (Å²) in [6, 6.07) is 23.2. The lowest BCUT2D eigenvalue weighted by Crippen LogP contribution is -2.30. The van der Waals surface area contributed by atoms with Crippen molar-refractivity contribution in [1.29, 1.82) is 0 Å². The summed E-state index contributed by atoms with van der Waals surface area (Å²) in [4.78, 5) is 23.9. The van der Waals surface area contributed by atoms with Gasteiger partial charge in [-0.05, 0) is 66.8 Å². The molecule has 2 atom stereocenters. The number of thiazole rings is 1. The maximum absolute atomic E-state index is 12.3. The predicted octanol–water partition coefficient (Wildman–Crippen LogP) is 6.91. The Bertz CT molecular complexity index is 1650. The van der Waals surface area contributed by atoms with Gasteiger partial charge in [0, 0.05) is 24.0 Å². The highest BCUT2D eigenvalue weighted by molar-refractivity contribution is 7.80. The minimum atomic E-state index is -0.249. The van der Waals surface area contributed by atoms with Crippen LogP contribution in [0.2, 0.25) is 5.02 Å². The fourth-order valence-electron chi connectivity index (χ4n) is 4.74. The Labute approximate surface area is 240 Å². The first-order chi connectivity index (χ1) is 18.9. The van der Waals surface area contributed by atoms with E-state index in [1.165, 1.54) is 0 Å². The summed E-state index contributed by atoms with van der Waals surface area (Å²) in [5.41, 5.74) is 4.20. The average Bonchev–Trinajstić information content (AvgIpc) is 3.66. The van der Waals surface area contributed by atoms with Gasteiger partial charge in [0.2, 0.25) is 5.91 Å². The van der Waals surface area contributed by atoms with Gasteiger partial charge in [-0.1, -0.05) is 55.0 Å². The molecular formula is C29H25ClN6OS2. The summed E-state index contributed by atoms with van der Waals surface area (Å²) in [5.74, 6) is -0.250. The molecular weight excluding hydrogens is 548 g/mol. The maximum atomic E-state index is 12.3. The predicted molar refractivity (Wildman–Crippen MR) is 162 cm³/mol. The number of halogens is 1. The number of amides is 1. The van der Waals surface area contributed by atoms with Gasteiger partial charge < -0.3 is 15.5 Å². The van der Waals surface area contributed by atoms with Crippen LogP contribution < -0.4 is 15.5 Å². The van der Waals surface area contributed by atoms with E-state index in [4.69, 9.17) is 28.8 Å². The third-order valence-electron chi connectivity index (χ3n) is 6.68. The molecule has 0 spiro atoms. The van der Waals surface area contributed by atoms with Crippen molar-refractivity contribution in [3.8, 4) is 5.13 Å². The monoisotopic (exact) mass is 572 g/mol. The second-order valence-electron chi connectivity index (χ2n) is 9.57. The van der Waals surface area contributed by atoms with Crippen molar-refractivity contribution >= 4 is 67.8 Å². The Morgan fingerprint density at radius 2 is 1.92 bits per heavy atom. The van der Waals surface area contributed by atoms with Crippen LogP contribution in [0.4, 0.5) is 11.4 Å². The van der Waals surface area contributed by atoms with Crippen LogP contribution in [-0.4, -0.2) is 25.6 Å². The van der Waals surface area contributed by atoms with E-state index < -0.39 is 0 Å². The van der Waals surface area contributed by atoms with E-state index in [0.29, 0.717) is 15.8 Å². The molecule has 7 nitrogen and oxygen atoms in total. The van der Waals surface area contributed by atoms with Gasteiger partial charge in [0.25, 0.3) is 0 Å². The molecule has 1 saturated heterocycles. The smallest absolute Gasteiger partial charge is 0.226 e. The van der Waals surface area contributed by atoms with Crippen LogP contribution in [0.15, 0.2) is 85.2 Å². The molecule has 4 heterocycles. The van der Waals surface area contributed by atoms with Gasteiger partial charge in [-0.2, -0.15) is 0 Å². The van der Waals surface area contributed by atoms with Gasteiger partial charge >= 0.3 is 0 Å². The Hall–Kier alpha value is -3.79. The number of aromatic nitrogens is 3. The molecule has 196 valence electrons. The van der Waals surface area contributed by atoms with Crippen LogP contribution in [0.1, 0.15) is 37.3 Å². The second kappa shape index (κ2) is 10.4. The molecule has 39 heavy (non-hydrogen) atoms. The van der Waals surface area contributed by atoms with E-state index in [1.54, 1.807) is 17.5 Å². The SMILES string of the molecule is CC(C)C(=O)Nc1ccc(N2C(=S)N[C@@H](c3ccccn3)[C@@H]2c2cccn2-c2nc3ccccc3s2)cc1Cl. The highest BCUT2D eigenvalue weighted by Gasteiger charge is 2.42. The normalized spacial score (nSPS) is 17.1. The van der Waals surface area contributed by atoms with Gasteiger partial charge in [0.05, 0.1) is 38.4 Å². The van der Waals surface area contributed by atoms with Crippen molar-refractivity contribution in [3.63, 3.8) is 0 Å². The molecule has 2 aromatic carbocycles. The fourth-order valence-corrected chi connectivity index (χ4v) is 6.28. The van der Waals surface area contributed by atoms with Crippen LogP contribution in [0, 0.1) is 5.92 Å². The molecule has 0 bridgehead atoms. The number of thiocarbonyl (C=S) groups is 1. The molecule has 10 heteroatoms. The van der Waals surface area contributed by atoms with E-state index in [0.717, 1.165) is 32.4 Å². The van der Waals surface area contributed by atoms with Crippen LogP contribution in [0.3, 0.4) is 0 Å². The number of fused-ring (bicyclic) bond motifs is 1. The number of carbonyl (C=O) groups is 1. The Kier molecular flexibility index (Phi) is 6.80. The molecule has 1 aliphatic rings. The summed E-state index contributed by atoms with van der Waals surface area (Å²) in [5, 5.41) is 8.26. The molecule has 0 unspecified atom stereocenters. The zero-order chi connectivity index (χ0) is 27.1. The standard InChI is InChI=1S/C29H25ClN6OS2/c1-17(2)27(37)32-20-13-12-18(16-19(20)30)36-26(25(34-28(36)38)22-9-5-6-14-31-22)23-10-7-15-35(23)29-33-21-8-3-4-11-24(21)39-29/h3-17,25-26H,1-2H3,(H,32,37)(H,34,38)/t25-,26-/m0/s1. The quantitative estimate of drug-likeness (QED) is 0.215. The molecule has 1 amide bonds. The summed E-state index contributed by atoms with van der Waals surface area (Å²) < 4.78 is 3.24. The minimum absolute atomic E-state index is 0.0928. The number of hydrogen-bond acceptors (Lipinski definition) is 5. The average molecular weight is 573 g/mol. The largest absolute Gasteiger partial charge is 0.351 e. The van der Waals surface area contributed by atoms with Crippen LogP contribution in [-0.2, 0) is 4.79 Å². The number of benzene rings is 2.